The van der Waals surface area contributed by atoms with Gasteiger partial charge in [-0.15, -0.1) is 0 Å². The van der Waals surface area contributed by atoms with E-state index >= 15 is 0 Å². The Labute approximate surface area is 88.3 Å². The monoisotopic (exact) mass is 199 g/mol. The second-order valence-electron chi connectivity index (χ2n) is 2.66. The predicted octanol–water partition coefficient (Wildman–Crippen LogP) is 1.47. The molecule has 0 unspecified atom stereocenters. The lowest BCUT2D eigenvalue weighted by atomic mass is 10.1. The first-order chi connectivity index (χ1) is 7.26. The Bertz CT molecular complexity index is 443. The highest BCUT2D eigenvalue weighted by atomic mass is 16.5. The fourth-order valence-electron chi connectivity index (χ4n) is 0.918. The average molecular weight is 199 g/mol. The van der Waals surface area contributed by atoms with Crippen molar-refractivity contribution >= 4 is 5.97 Å². The molecule has 0 aromatic heterocycles. The molecule has 0 atom stereocenters. The third kappa shape index (κ3) is 3.54. The summed E-state index contributed by atoms with van der Waals surface area (Å²) < 4.78 is 4.64. The molecule has 0 aliphatic carbocycles. The van der Waals surface area contributed by atoms with Crippen molar-refractivity contribution in [2.45, 2.75) is 6.92 Å². The summed E-state index contributed by atoms with van der Waals surface area (Å²) in [6.07, 6.45) is 0. The maximum atomic E-state index is 10.9. The zero-order valence-corrected chi connectivity index (χ0v) is 8.28. The van der Waals surface area contributed by atoms with Crippen molar-refractivity contribution in [3.8, 4) is 17.9 Å². The first-order valence-electron chi connectivity index (χ1n) is 4.45. The van der Waals surface area contributed by atoms with Crippen LogP contribution in [0.5, 0.6) is 0 Å². The van der Waals surface area contributed by atoms with Crippen molar-refractivity contribution in [2.24, 2.45) is 0 Å². The van der Waals surface area contributed by atoms with Crippen LogP contribution in [0, 0.1) is 23.2 Å². The van der Waals surface area contributed by atoms with E-state index < -0.39 is 5.97 Å². The molecule has 1 aromatic rings. The van der Waals surface area contributed by atoms with E-state index in [1.54, 1.807) is 31.2 Å². The molecule has 0 bridgehead atoms. The molecule has 0 heterocycles. The summed E-state index contributed by atoms with van der Waals surface area (Å²) >= 11 is 0. The minimum absolute atomic E-state index is 0.320. The van der Waals surface area contributed by atoms with Gasteiger partial charge in [0.05, 0.1) is 18.2 Å². The molecule has 0 aliphatic heterocycles. The number of ether oxygens (including phenoxy) is 1. The van der Waals surface area contributed by atoms with Gasteiger partial charge in [-0.3, -0.25) is 0 Å². The molecule has 1 aromatic carbocycles. The van der Waals surface area contributed by atoms with Gasteiger partial charge in [-0.05, 0) is 31.2 Å². The van der Waals surface area contributed by atoms with Gasteiger partial charge in [0.25, 0.3) is 0 Å². The first-order valence-corrected chi connectivity index (χ1v) is 4.45. The summed E-state index contributed by atoms with van der Waals surface area (Å²) in [6, 6.07) is 8.67. The number of esters is 1. The number of hydrogen-bond acceptors (Lipinski definition) is 3. The van der Waals surface area contributed by atoms with E-state index in [9.17, 15) is 4.79 Å². The summed E-state index contributed by atoms with van der Waals surface area (Å²) in [5.41, 5.74) is 1.25. The van der Waals surface area contributed by atoms with Gasteiger partial charge in [0.15, 0.2) is 0 Å². The summed E-state index contributed by atoms with van der Waals surface area (Å²) in [5, 5.41) is 8.56. The zero-order valence-electron chi connectivity index (χ0n) is 8.28. The molecular weight excluding hydrogens is 190 g/mol. The molecule has 0 saturated heterocycles. The molecule has 1 rings (SSSR count). The van der Waals surface area contributed by atoms with E-state index in [1.165, 1.54) is 0 Å². The maximum absolute atomic E-state index is 10.9. The maximum Gasteiger partial charge on any atom is 0.384 e. The fraction of sp³-hybridized carbons (Fsp3) is 0.167. The summed E-state index contributed by atoms with van der Waals surface area (Å²) in [5.74, 6) is 4.45. The Morgan fingerprint density at radius 3 is 2.47 bits per heavy atom. The number of rotatable bonds is 1. The van der Waals surface area contributed by atoms with Gasteiger partial charge in [0.2, 0.25) is 0 Å². The van der Waals surface area contributed by atoms with Crippen LogP contribution in [0.15, 0.2) is 24.3 Å². The predicted molar refractivity (Wildman–Crippen MR) is 54.7 cm³/mol. The van der Waals surface area contributed by atoms with E-state index in [4.69, 9.17) is 5.26 Å². The van der Waals surface area contributed by atoms with Gasteiger partial charge in [-0.1, -0.05) is 5.92 Å². The van der Waals surface area contributed by atoms with Gasteiger partial charge in [0, 0.05) is 11.5 Å². The number of nitrogens with zero attached hydrogens (tertiary/aromatic N) is 1. The third-order valence-corrected chi connectivity index (χ3v) is 1.60. The van der Waals surface area contributed by atoms with Crippen LogP contribution in [0.2, 0.25) is 0 Å². The highest BCUT2D eigenvalue weighted by molar-refractivity contribution is 5.89. The van der Waals surface area contributed by atoms with Gasteiger partial charge >= 0.3 is 5.97 Å². The molecule has 0 N–H and O–H groups in total. The van der Waals surface area contributed by atoms with Crippen LogP contribution in [0.25, 0.3) is 0 Å². The molecular formula is C12H9NO2. The normalized spacial score (nSPS) is 8.27. The first kappa shape index (κ1) is 10.8. The summed E-state index contributed by atoms with van der Waals surface area (Å²) in [4.78, 5) is 10.9. The molecule has 0 fully saturated rings. The fourth-order valence-corrected chi connectivity index (χ4v) is 0.918. The SMILES string of the molecule is CCOC(=O)C#Cc1ccc(C#N)cc1. The van der Waals surface area contributed by atoms with Crippen LogP contribution < -0.4 is 0 Å². The van der Waals surface area contributed by atoms with Crippen LogP contribution >= 0.6 is 0 Å². The van der Waals surface area contributed by atoms with Crippen LogP contribution in [-0.2, 0) is 9.53 Å². The second kappa shape index (κ2) is 5.47. The minimum Gasteiger partial charge on any atom is -0.456 e. The zero-order chi connectivity index (χ0) is 11.1. The number of nitriles is 1. The Kier molecular flexibility index (Phi) is 3.94. The Hall–Kier alpha value is -2.26. The Balaban J connectivity index is 2.73. The Morgan fingerprint density at radius 1 is 1.33 bits per heavy atom. The number of carbonyl (C=O) groups is 1. The molecule has 0 amide bonds. The quantitative estimate of drug-likeness (QED) is 0.508. The average Bonchev–Trinajstić information content (AvgIpc) is 2.27. The number of carbonyl (C=O) groups excluding carboxylic acids is 1. The summed E-state index contributed by atoms with van der Waals surface area (Å²) in [7, 11) is 0. The van der Waals surface area contributed by atoms with Crippen LogP contribution in [0.4, 0.5) is 0 Å². The van der Waals surface area contributed by atoms with Crippen molar-refractivity contribution in [3.63, 3.8) is 0 Å². The van der Waals surface area contributed by atoms with Gasteiger partial charge in [0.1, 0.15) is 0 Å². The molecule has 3 nitrogen and oxygen atoms in total. The molecule has 74 valence electrons. The van der Waals surface area contributed by atoms with Crippen molar-refractivity contribution in [3.05, 3.63) is 35.4 Å². The second-order valence-corrected chi connectivity index (χ2v) is 2.66. The largest absolute Gasteiger partial charge is 0.456 e. The topological polar surface area (TPSA) is 50.1 Å². The number of benzene rings is 1. The smallest absolute Gasteiger partial charge is 0.384 e. The molecule has 0 radical (unpaired) electrons. The molecule has 3 heteroatoms. The van der Waals surface area contributed by atoms with Gasteiger partial charge in [-0.2, -0.15) is 5.26 Å². The minimum atomic E-state index is -0.540. The highest BCUT2D eigenvalue weighted by Gasteiger charge is 1.93. The number of hydrogen-bond donors (Lipinski definition) is 0. The van der Waals surface area contributed by atoms with Gasteiger partial charge < -0.3 is 4.74 Å². The Morgan fingerprint density at radius 2 is 1.93 bits per heavy atom. The molecule has 15 heavy (non-hydrogen) atoms. The van der Waals surface area contributed by atoms with Gasteiger partial charge in [-0.25, -0.2) is 4.79 Å². The summed E-state index contributed by atoms with van der Waals surface area (Å²) in [6.45, 7) is 2.04. The van der Waals surface area contributed by atoms with Crippen LogP contribution in [-0.4, -0.2) is 12.6 Å². The van der Waals surface area contributed by atoms with E-state index in [0.29, 0.717) is 17.7 Å². The third-order valence-electron chi connectivity index (χ3n) is 1.60. The lowest BCUT2D eigenvalue weighted by molar-refractivity contribution is -0.136. The lowest BCUT2D eigenvalue weighted by Gasteiger charge is -1.92. The van der Waals surface area contributed by atoms with Crippen molar-refractivity contribution in [1.82, 2.24) is 0 Å². The lowest BCUT2D eigenvalue weighted by Crippen LogP contribution is -1.99. The molecule has 0 saturated carbocycles. The molecule has 0 aliphatic rings. The molecule has 0 spiro atoms. The standard InChI is InChI=1S/C12H9NO2/c1-2-15-12(14)8-7-10-3-5-11(9-13)6-4-10/h3-6H,2H2,1H3. The van der Waals surface area contributed by atoms with E-state index in [1.807, 2.05) is 6.07 Å². The van der Waals surface area contributed by atoms with E-state index in [2.05, 4.69) is 16.6 Å². The van der Waals surface area contributed by atoms with Crippen LogP contribution in [0.3, 0.4) is 0 Å². The van der Waals surface area contributed by atoms with Crippen molar-refractivity contribution in [1.29, 1.82) is 5.26 Å². The van der Waals surface area contributed by atoms with Crippen molar-refractivity contribution in [2.75, 3.05) is 6.61 Å². The van der Waals surface area contributed by atoms with Crippen molar-refractivity contribution < 1.29 is 9.53 Å². The van der Waals surface area contributed by atoms with E-state index in [0.717, 1.165) is 0 Å². The highest BCUT2D eigenvalue weighted by Crippen LogP contribution is 2.01. The van der Waals surface area contributed by atoms with Crippen LogP contribution in [0.1, 0.15) is 18.1 Å². The van der Waals surface area contributed by atoms with E-state index in [-0.39, 0.29) is 0 Å².